The molecule has 3 aromatic heterocycles. The normalized spacial score (nSPS) is 14.0. The maximum atomic E-state index is 10.9. The molecule has 0 radical (unpaired) electrons. The fraction of sp³-hybridized carbons (Fsp3) is 0.320. The zero-order chi connectivity index (χ0) is 24.3. The van der Waals surface area contributed by atoms with Crippen molar-refractivity contribution in [3.8, 4) is 0 Å². The molecule has 0 saturated heterocycles. The Balaban J connectivity index is 0.000000408. The number of anilines is 3. The van der Waals surface area contributed by atoms with Gasteiger partial charge in [0, 0.05) is 43.2 Å². The van der Waals surface area contributed by atoms with Crippen molar-refractivity contribution in [3.05, 3.63) is 48.3 Å². The molecule has 1 aliphatic rings. The third-order valence-corrected chi connectivity index (χ3v) is 6.41. The second kappa shape index (κ2) is 9.82. The number of benzene rings is 1. The van der Waals surface area contributed by atoms with Gasteiger partial charge in [-0.15, -0.1) is 0 Å². The highest BCUT2D eigenvalue weighted by Gasteiger charge is 2.15. The zero-order valence-corrected chi connectivity index (χ0v) is 20.7. The van der Waals surface area contributed by atoms with E-state index in [1.165, 1.54) is 16.9 Å². The van der Waals surface area contributed by atoms with Crippen LogP contribution in [0.4, 0.5) is 16.5 Å². The fourth-order valence-corrected chi connectivity index (χ4v) is 4.28. The van der Waals surface area contributed by atoms with Gasteiger partial charge in [-0.1, -0.05) is 17.4 Å². The van der Waals surface area contributed by atoms with Gasteiger partial charge in [0.15, 0.2) is 5.13 Å². The topological polar surface area (TPSA) is 109 Å². The molecule has 0 unspecified atom stereocenters. The zero-order valence-electron chi connectivity index (χ0n) is 19.9. The minimum absolute atomic E-state index is 0.0417. The number of amides is 1. The molecular formula is C25H30N6O2S. The summed E-state index contributed by atoms with van der Waals surface area (Å²) in [7, 11) is 1.71. The van der Waals surface area contributed by atoms with Gasteiger partial charge in [0.25, 0.3) is 0 Å². The Bertz CT molecular complexity index is 1330. The first kappa shape index (κ1) is 23.7. The summed E-state index contributed by atoms with van der Waals surface area (Å²) in [6.45, 7) is 7.44. The average Bonchev–Trinajstić information content (AvgIpc) is 3.42. The quantitative estimate of drug-likeness (QED) is 0.349. The van der Waals surface area contributed by atoms with Crippen molar-refractivity contribution >= 4 is 61.1 Å². The number of hydrogen-bond acceptors (Lipinski definition) is 7. The first-order chi connectivity index (χ1) is 16.3. The molecule has 0 aliphatic carbocycles. The predicted octanol–water partition coefficient (Wildman–Crippen LogP) is 5.18. The summed E-state index contributed by atoms with van der Waals surface area (Å²) in [6.07, 6.45) is 5.61. The highest BCUT2D eigenvalue weighted by Crippen LogP contribution is 2.32. The second-order valence-corrected chi connectivity index (χ2v) is 10.1. The van der Waals surface area contributed by atoms with Crippen LogP contribution in [0.2, 0.25) is 0 Å². The van der Waals surface area contributed by atoms with Crippen molar-refractivity contribution in [2.45, 2.75) is 32.8 Å². The van der Waals surface area contributed by atoms with Gasteiger partial charge < -0.3 is 25.7 Å². The standard InChI is InChI=1S/C20H18N6OS.C5H12O/c21-20-25-16-2-1-13(9-18(16)28-20)23-15-3-6-22-19-14(15)10-17(24-19)12-4-7-26(11-27)8-5-12;1-5(2,3)6-4/h1-4,6,9-11H,5,7-8H2,(H2,21,25)(H2,22,23,24);1-4H3. The number of pyridine rings is 1. The maximum absolute atomic E-state index is 10.9. The number of methoxy groups -OCH3 is 1. The van der Waals surface area contributed by atoms with Gasteiger partial charge in [0.05, 0.1) is 21.5 Å². The molecule has 0 atom stereocenters. The van der Waals surface area contributed by atoms with Crippen LogP contribution in [0.5, 0.6) is 0 Å². The van der Waals surface area contributed by atoms with Crippen LogP contribution in [0, 0.1) is 0 Å². The number of thiazole rings is 1. The van der Waals surface area contributed by atoms with Gasteiger partial charge in [-0.3, -0.25) is 4.79 Å². The summed E-state index contributed by atoms with van der Waals surface area (Å²) in [5.74, 6) is 0. The van der Waals surface area contributed by atoms with Crippen molar-refractivity contribution < 1.29 is 9.53 Å². The van der Waals surface area contributed by atoms with E-state index in [1.54, 1.807) is 18.2 Å². The van der Waals surface area contributed by atoms with E-state index in [0.717, 1.165) is 57.7 Å². The number of fused-ring (bicyclic) bond motifs is 2. The van der Waals surface area contributed by atoms with Gasteiger partial charge in [-0.05, 0) is 63.1 Å². The highest BCUT2D eigenvalue weighted by atomic mass is 32.1. The van der Waals surface area contributed by atoms with E-state index in [-0.39, 0.29) is 5.60 Å². The summed E-state index contributed by atoms with van der Waals surface area (Å²) in [4.78, 5) is 24.8. The lowest BCUT2D eigenvalue weighted by molar-refractivity contribution is -0.117. The lowest BCUT2D eigenvalue weighted by Gasteiger charge is -2.21. The smallest absolute Gasteiger partial charge is 0.209 e. The van der Waals surface area contributed by atoms with Crippen LogP contribution in [-0.4, -0.2) is 52.1 Å². The van der Waals surface area contributed by atoms with Gasteiger partial charge in [-0.2, -0.15) is 0 Å². The third-order valence-electron chi connectivity index (χ3n) is 5.56. The van der Waals surface area contributed by atoms with E-state index in [2.05, 4.69) is 38.5 Å². The van der Waals surface area contributed by atoms with E-state index in [4.69, 9.17) is 10.5 Å². The molecule has 4 heterocycles. The Morgan fingerprint density at radius 1 is 1.26 bits per heavy atom. The monoisotopic (exact) mass is 478 g/mol. The van der Waals surface area contributed by atoms with Crippen molar-refractivity contribution in [2.75, 3.05) is 31.2 Å². The summed E-state index contributed by atoms with van der Waals surface area (Å²) in [5.41, 5.74) is 11.8. The van der Waals surface area contributed by atoms with Crippen LogP contribution >= 0.6 is 11.3 Å². The Kier molecular flexibility index (Phi) is 6.85. The number of ether oxygens (including phenoxy) is 1. The molecule has 34 heavy (non-hydrogen) atoms. The maximum Gasteiger partial charge on any atom is 0.209 e. The van der Waals surface area contributed by atoms with Crippen molar-refractivity contribution in [1.29, 1.82) is 0 Å². The number of nitrogens with one attached hydrogen (secondary N) is 2. The van der Waals surface area contributed by atoms with Crippen molar-refractivity contribution in [1.82, 2.24) is 19.9 Å². The SMILES string of the molecule is COC(C)(C)C.Nc1nc2ccc(Nc3ccnc4[nH]c(C5=CCN(C=O)CC5)cc34)cc2s1. The molecule has 4 aromatic rings. The molecule has 0 bridgehead atoms. The Morgan fingerprint density at radius 3 is 2.74 bits per heavy atom. The first-order valence-corrected chi connectivity index (χ1v) is 11.9. The number of nitrogen functional groups attached to an aromatic ring is 1. The summed E-state index contributed by atoms with van der Waals surface area (Å²) < 4.78 is 5.99. The Hall–Kier alpha value is -3.43. The number of rotatable bonds is 4. The second-order valence-electron chi connectivity index (χ2n) is 9.06. The van der Waals surface area contributed by atoms with Crippen LogP contribution in [0.15, 0.2) is 42.6 Å². The molecule has 178 valence electrons. The highest BCUT2D eigenvalue weighted by molar-refractivity contribution is 7.22. The molecule has 1 aliphatic heterocycles. The van der Waals surface area contributed by atoms with Crippen molar-refractivity contribution in [3.63, 3.8) is 0 Å². The molecule has 8 nitrogen and oxygen atoms in total. The number of nitrogens with zero attached hydrogens (tertiary/aromatic N) is 3. The minimum atomic E-state index is 0.0417. The first-order valence-electron chi connectivity index (χ1n) is 11.1. The largest absolute Gasteiger partial charge is 0.379 e. The molecule has 0 fully saturated rings. The molecule has 1 amide bonds. The van der Waals surface area contributed by atoms with Crippen LogP contribution in [0.1, 0.15) is 32.9 Å². The number of hydrogen-bond donors (Lipinski definition) is 3. The van der Waals surface area contributed by atoms with E-state index >= 15 is 0 Å². The van der Waals surface area contributed by atoms with Gasteiger partial charge in [0.2, 0.25) is 6.41 Å². The molecule has 1 aromatic carbocycles. The van der Waals surface area contributed by atoms with Gasteiger partial charge >= 0.3 is 0 Å². The molecular weight excluding hydrogens is 448 g/mol. The van der Waals surface area contributed by atoms with E-state index in [1.807, 2.05) is 39.0 Å². The molecule has 9 heteroatoms. The number of nitrogens with two attached hydrogens (primary N) is 1. The lowest BCUT2D eigenvalue weighted by atomic mass is 10.1. The van der Waals surface area contributed by atoms with Crippen LogP contribution in [0.25, 0.3) is 26.8 Å². The Morgan fingerprint density at radius 2 is 2.06 bits per heavy atom. The molecule has 5 rings (SSSR count). The lowest BCUT2D eigenvalue weighted by Crippen LogP contribution is -2.26. The van der Waals surface area contributed by atoms with E-state index in [9.17, 15) is 4.79 Å². The summed E-state index contributed by atoms with van der Waals surface area (Å²) in [6, 6.07) is 10.1. The predicted molar refractivity (Wildman–Crippen MR) is 140 cm³/mol. The number of aromatic nitrogens is 3. The van der Waals surface area contributed by atoms with Crippen molar-refractivity contribution in [2.24, 2.45) is 0 Å². The molecule has 4 N–H and O–H groups in total. The van der Waals surface area contributed by atoms with Crippen LogP contribution in [0.3, 0.4) is 0 Å². The third kappa shape index (κ3) is 5.55. The summed E-state index contributed by atoms with van der Waals surface area (Å²) >= 11 is 1.48. The average molecular weight is 479 g/mol. The minimum Gasteiger partial charge on any atom is -0.379 e. The number of carbonyl (C=O) groups excluding carboxylic acids is 1. The fourth-order valence-electron chi connectivity index (χ4n) is 3.51. The van der Waals surface area contributed by atoms with Crippen LogP contribution in [-0.2, 0) is 9.53 Å². The number of H-pyrrole nitrogens is 1. The number of carbonyl (C=O) groups is 1. The summed E-state index contributed by atoms with van der Waals surface area (Å²) in [5, 5.41) is 5.08. The van der Waals surface area contributed by atoms with E-state index in [0.29, 0.717) is 11.7 Å². The molecule has 0 saturated carbocycles. The van der Waals surface area contributed by atoms with E-state index < -0.39 is 0 Å². The van der Waals surface area contributed by atoms with Gasteiger partial charge in [0.1, 0.15) is 5.65 Å². The van der Waals surface area contributed by atoms with Gasteiger partial charge in [-0.25, -0.2) is 9.97 Å². The van der Waals surface area contributed by atoms with Crippen LogP contribution < -0.4 is 11.1 Å². The number of aromatic amines is 1. The molecule has 0 spiro atoms. The Labute approximate surface area is 202 Å².